The highest BCUT2D eigenvalue weighted by molar-refractivity contribution is 5.96. The van der Waals surface area contributed by atoms with Crippen LogP contribution in [0, 0.1) is 6.92 Å². The Hall–Kier alpha value is -4.09. The molecule has 0 unspecified atom stereocenters. The minimum Gasteiger partial charge on any atom is -0.486 e. The van der Waals surface area contributed by atoms with Crippen LogP contribution in [0.3, 0.4) is 0 Å². The fraction of sp³-hybridized carbons (Fsp3) is 0.469. The molecule has 2 aliphatic heterocycles. The highest BCUT2D eigenvalue weighted by atomic mass is 16.5. The van der Waals surface area contributed by atoms with Crippen molar-refractivity contribution in [1.82, 2.24) is 20.1 Å². The van der Waals surface area contributed by atoms with Crippen LogP contribution in [0.2, 0.25) is 0 Å². The first-order chi connectivity index (χ1) is 20.8. The van der Waals surface area contributed by atoms with Crippen LogP contribution in [0.5, 0.6) is 5.75 Å². The molecule has 1 aromatic heterocycles. The number of carbonyl (C=O) groups is 2. The zero-order chi connectivity index (χ0) is 30.3. The third kappa shape index (κ3) is 8.05. The Morgan fingerprint density at radius 1 is 1.12 bits per heavy atom. The first-order valence-corrected chi connectivity index (χ1v) is 14.9. The van der Waals surface area contributed by atoms with Crippen molar-refractivity contribution in [2.45, 2.75) is 58.4 Å². The van der Waals surface area contributed by atoms with E-state index >= 15 is 0 Å². The number of oxazole rings is 1. The van der Waals surface area contributed by atoms with E-state index in [0.717, 1.165) is 74.0 Å². The summed E-state index contributed by atoms with van der Waals surface area (Å²) in [5.74, 6) is 1.39. The van der Waals surface area contributed by atoms with Gasteiger partial charge in [-0.1, -0.05) is 6.07 Å². The van der Waals surface area contributed by atoms with E-state index in [1.54, 1.807) is 13.0 Å². The summed E-state index contributed by atoms with van der Waals surface area (Å²) in [5.41, 5.74) is 5.48. The molecule has 4 N–H and O–H groups in total. The van der Waals surface area contributed by atoms with E-state index in [1.165, 1.54) is 17.5 Å². The summed E-state index contributed by atoms with van der Waals surface area (Å²) in [6, 6.07) is 12.0. The number of likely N-dealkylation sites (tertiary alicyclic amines) is 1. The molecule has 11 nitrogen and oxygen atoms in total. The molecular weight excluding hydrogens is 548 g/mol. The third-order valence-electron chi connectivity index (χ3n) is 8.25. The number of aliphatic hydroxyl groups is 1. The van der Waals surface area contributed by atoms with Crippen LogP contribution < -0.4 is 20.7 Å². The van der Waals surface area contributed by atoms with Crippen molar-refractivity contribution in [2.75, 3.05) is 50.4 Å². The standard InChI is InChI=1S/C32H42N6O5/c1-21-31(43-20-35-21)19-42-30-5-4-24-17-37(9-6-23(24)14-30)18-29(40)16-34-32(41)25-12-27(33-3)15-28(13-25)36-26-7-10-38(11-8-26)22(2)39/h4-5,12-15,20,26,29,33,36,40H,6-11,16-19H2,1-3H3,(H,34,41)/t29-/m1/s1. The number of benzene rings is 2. The van der Waals surface area contributed by atoms with Gasteiger partial charge in [-0.05, 0) is 67.6 Å². The summed E-state index contributed by atoms with van der Waals surface area (Å²) in [6.07, 6.45) is 3.30. The van der Waals surface area contributed by atoms with Crippen LogP contribution in [-0.2, 0) is 24.4 Å². The van der Waals surface area contributed by atoms with Crippen molar-refractivity contribution in [1.29, 1.82) is 0 Å². The molecule has 1 saturated heterocycles. The Balaban J connectivity index is 1.09. The van der Waals surface area contributed by atoms with Crippen LogP contribution in [0.1, 0.15) is 52.7 Å². The molecule has 0 spiro atoms. The highest BCUT2D eigenvalue weighted by Gasteiger charge is 2.22. The number of hydrogen-bond acceptors (Lipinski definition) is 9. The lowest BCUT2D eigenvalue weighted by molar-refractivity contribution is -0.129. The number of rotatable bonds is 11. The molecule has 0 aliphatic carbocycles. The number of nitrogens with zero attached hydrogens (tertiary/aromatic N) is 3. The zero-order valence-corrected chi connectivity index (χ0v) is 25.2. The van der Waals surface area contributed by atoms with E-state index in [1.807, 2.05) is 37.1 Å². The lowest BCUT2D eigenvalue weighted by atomic mass is 9.99. The van der Waals surface area contributed by atoms with Crippen molar-refractivity contribution in [3.05, 3.63) is 70.9 Å². The van der Waals surface area contributed by atoms with E-state index in [-0.39, 0.29) is 24.4 Å². The largest absolute Gasteiger partial charge is 0.486 e. The number of fused-ring (bicyclic) bond motifs is 1. The van der Waals surface area contributed by atoms with Gasteiger partial charge in [-0.15, -0.1) is 0 Å². The topological polar surface area (TPSA) is 132 Å². The Kier molecular flexibility index (Phi) is 9.83. The highest BCUT2D eigenvalue weighted by Crippen LogP contribution is 2.25. The molecule has 3 aromatic rings. The number of aryl methyl sites for hydroxylation is 1. The van der Waals surface area contributed by atoms with Crippen molar-refractivity contribution in [3.8, 4) is 5.75 Å². The lowest BCUT2D eigenvalue weighted by Gasteiger charge is -2.32. The van der Waals surface area contributed by atoms with Gasteiger partial charge < -0.3 is 35.1 Å². The molecule has 3 heterocycles. The van der Waals surface area contributed by atoms with Gasteiger partial charge in [-0.25, -0.2) is 4.98 Å². The Morgan fingerprint density at radius 2 is 1.91 bits per heavy atom. The summed E-state index contributed by atoms with van der Waals surface area (Å²) in [5, 5.41) is 20.3. The van der Waals surface area contributed by atoms with Gasteiger partial charge in [0.1, 0.15) is 12.4 Å². The van der Waals surface area contributed by atoms with E-state index < -0.39 is 6.10 Å². The predicted molar refractivity (Wildman–Crippen MR) is 164 cm³/mol. The number of ether oxygens (including phenoxy) is 1. The van der Waals surface area contributed by atoms with Crippen molar-refractivity contribution in [2.24, 2.45) is 0 Å². The summed E-state index contributed by atoms with van der Waals surface area (Å²) in [6.45, 7) is 7.46. The maximum atomic E-state index is 13.1. The molecule has 5 rings (SSSR count). The zero-order valence-electron chi connectivity index (χ0n) is 25.2. The number of aliphatic hydroxyl groups excluding tert-OH is 1. The second-order valence-corrected chi connectivity index (χ2v) is 11.4. The maximum Gasteiger partial charge on any atom is 0.251 e. The van der Waals surface area contributed by atoms with Gasteiger partial charge in [0, 0.05) is 76.2 Å². The third-order valence-corrected chi connectivity index (χ3v) is 8.25. The SMILES string of the molecule is CNc1cc(NC2CCN(C(C)=O)CC2)cc(C(=O)NC[C@@H](O)CN2CCc3cc(OCc4ocnc4C)ccc3C2)c1. The Labute approximate surface area is 252 Å². The molecule has 0 saturated carbocycles. The van der Waals surface area contributed by atoms with E-state index in [0.29, 0.717) is 18.7 Å². The predicted octanol–water partition coefficient (Wildman–Crippen LogP) is 3.18. The molecule has 2 amide bonds. The number of piperidine rings is 1. The summed E-state index contributed by atoms with van der Waals surface area (Å²) in [7, 11) is 1.82. The molecule has 1 fully saturated rings. The molecular formula is C32H42N6O5. The molecule has 1 atom stereocenters. The van der Waals surface area contributed by atoms with Crippen LogP contribution >= 0.6 is 0 Å². The van der Waals surface area contributed by atoms with Gasteiger partial charge in [-0.2, -0.15) is 0 Å². The van der Waals surface area contributed by atoms with Crippen LogP contribution in [0.4, 0.5) is 11.4 Å². The van der Waals surface area contributed by atoms with Crippen LogP contribution in [0.15, 0.2) is 47.2 Å². The molecule has 0 bridgehead atoms. The molecule has 0 radical (unpaired) electrons. The number of carbonyl (C=O) groups excluding carboxylic acids is 2. The molecule has 230 valence electrons. The van der Waals surface area contributed by atoms with E-state index in [9.17, 15) is 14.7 Å². The Bertz CT molecular complexity index is 1420. The average Bonchev–Trinajstić information content (AvgIpc) is 3.43. The van der Waals surface area contributed by atoms with Crippen LogP contribution in [-0.4, -0.2) is 83.6 Å². The Morgan fingerprint density at radius 3 is 2.63 bits per heavy atom. The normalized spacial score (nSPS) is 16.3. The first-order valence-electron chi connectivity index (χ1n) is 14.9. The fourth-order valence-electron chi connectivity index (χ4n) is 5.68. The van der Waals surface area contributed by atoms with E-state index in [2.05, 4.69) is 38.0 Å². The number of amides is 2. The summed E-state index contributed by atoms with van der Waals surface area (Å²) < 4.78 is 11.3. The maximum absolute atomic E-state index is 13.1. The van der Waals surface area contributed by atoms with Crippen LogP contribution in [0.25, 0.3) is 0 Å². The number of anilines is 2. The number of aromatic nitrogens is 1. The summed E-state index contributed by atoms with van der Waals surface area (Å²) >= 11 is 0. The number of nitrogens with one attached hydrogen (secondary N) is 3. The second kappa shape index (κ2) is 13.9. The van der Waals surface area contributed by atoms with Crippen molar-refractivity contribution >= 4 is 23.2 Å². The van der Waals surface area contributed by atoms with Gasteiger partial charge >= 0.3 is 0 Å². The summed E-state index contributed by atoms with van der Waals surface area (Å²) in [4.78, 5) is 32.9. The quantitative estimate of drug-likeness (QED) is 0.266. The molecule has 2 aliphatic rings. The van der Waals surface area contributed by atoms with Gasteiger partial charge in [0.25, 0.3) is 5.91 Å². The number of hydrogen-bond donors (Lipinski definition) is 4. The van der Waals surface area contributed by atoms with Crippen molar-refractivity contribution < 1.29 is 23.8 Å². The molecule has 43 heavy (non-hydrogen) atoms. The van der Waals surface area contributed by atoms with Gasteiger partial charge in [0.05, 0.1) is 11.8 Å². The minimum absolute atomic E-state index is 0.108. The monoisotopic (exact) mass is 590 g/mol. The van der Waals surface area contributed by atoms with E-state index in [4.69, 9.17) is 9.15 Å². The van der Waals surface area contributed by atoms with Crippen molar-refractivity contribution in [3.63, 3.8) is 0 Å². The molecule has 2 aromatic carbocycles. The number of β-amino-alcohol motifs (C(OH)–C–C–N with tert-alkyl or cyclic N) is 1. The molecule has 11 heteroatoms. The van der Waals surface area contributed by atoms with Gasteiger partial charge in [-0.3, -0.25) is 14.5 Å². The smallest absolute Gasteiger partial charge is 0.251 e. The fourth-order valence-corrected chi connectivity index (χ4v) is 5.68. The lowest BCUT2D eigenvalue weighted by Crippen LogP contribution is -2.42. The first kappa shape index (κ1) is 30.4. The van der Waals surface area contributed by atoms with Gasteiger partial charge in [0.15, 0.2) is 12.2 Å². The second-order valence-electron chi connectivity index (χ2n) is 11.4. The average molecular weight is 591 g/mol. The minimum atomic E-state index is -0.699. The van der Waals surface area contributed by atoms with Gasteiger partial charge in [0.2, 0.25) is 5.91 Å².